The molecule has 0 spiro atoms. The number of amides is 1. The van der Waals surface area contributed by atoms with Crippen LogP contribution in [0.3, 0.4) is 0 Å². The highest BCUT2D eigenvalue weighted by Crippen LogP contribution is 2.22. The summed E-state index contributed by atoms with van der Waals surface area (Å²) in [4.78, 5) is 11.7. The maximum atomic E-state index is 11.7. The molecular formula is C13H25NO2. The zero-order chi connectivity index (χ0) is 11.8. The summed E-state index contributed by atoms with van der Waals surface area (Å²) in [5, 5.41) is 2.89. The molecule has 3 heteroatoms. The minimum Gasteiger partial charge on any atom is -0.377 e. The summed E-state index contributed by atoms with van der Waals surface area (Å²) >= 11 is 0. The maximum Gasteiger partial charge on any atom is 0.225 e. The van der Waals surface area contributed by atoms with Gasteiger partial charge in [-0.05, 0) is 26.2 Å². The lowest BCUT2D eigenvalue weighted by molar-refractivity contribution is -0.128. The van der Waals surface area contributed by atoms with Gasteiger partial charge in [0, 0.05) is 6.54 Å². The highest BCUT2D eigenvalue weighted by atomic mass is 16.5. The van der Waals surface area contributed by atoms with Gasteiger partial charge in [-0.15, -0.1) is 0 Å². The van der Waals surface area contributed by atoms with Crippen molar-refractivity contribution in [3.8, 4) is 0 Å². The molecule has 0 aromatic rings. The van der Waals surface area contributed by atoms with E-state index in [1.165, 1.54) is 25.7 Å². The van der Waals surface area contributed by atoms with Crippen molar-refractivity contribution in [3.63, 3.8) is 0 Å². The monoisotopic (exact) mass is 227 g/mol. The molecule has 1 aliphatic rings. The first-order chi connectivity index (χ1) is 7.77. The van der Waals surface area contributed by atoms with Crippen LogP contribution in [0.4, 0.5) is 0 Å². The van der Waals surface area contributed by atoms with Gasteiger partial charge < -0.3 is 10.1 Å². The Morgan fingerprint density at radius 1 is 1.38 bits per heavy atom. The number of nitrogens with one attached hydrogen (secondary N) is 1. The molecule has 1 rings (SSSR count). The number of hydrogen-bond acceptors (Lipinski definition) is 2. The predicted molar refractivity (Wildman–Crippen MR) is 65.3 cm³/mol. The SMILES string of the molecule is CCCC(COC1CCCC1)C(=O)NCC. The summed E-state index contributed by atoms with van der Waals surface area (Å²) in [6.45, 7) is 5.38. The summed E-state index contributed by atoms with van der Waals surface area (Å²) < 4.78 is 5.82. The van der Waals surface area contributed by atoms with E-state index in [-0.39, 0.29) is 11.8 Å². The normalized spacial score (nSPS) is 18.6. The van der Waals surface area contributed by atoms with E-state index in [4.69, 9.17) is 4.74 Å². The first-order valence-corrected chi connectivity index (χ1v) is 6.67. The number of hydrogen-bond donors (Lipinski definition) is 1. The lowest BCUT2D eigenvalue weighted by Crippen LogP contribution is -2.34. The lowest BCUT2D eigenvalue weighted by Gasteiger charge is -2.18. The minimum absolute atomic E-state index is 0.0468. The number of rotatable bonds is 7. The molecule has 1 fully saturated rings. The highest BCUT2D eigenvalue weighted by molar-refractivity contribution is 5.78. The van der Waals surface area contributed by atoms with Gasteiger partial charge in [0.25, 0.3) is 0 Å². The molecule has 0 aliphatic heterocycles. The second kappa shape index (κ2) is 7.66. The molecule has 16 heavy (non-hydrogen) atoms. The fraction of sp³-hybridized carbons (Fsp3) is 0.923. The molecule has 94 valence electrons. The Morgan fingerprint density at radius 2 is 2.06 bits per heavy atom. The average molecular weight is 227 g/mol. The van der Waals surface area contributed by atoms with Gasteiger partial charge in [0.1, 0.15) is 0 Å². The molecule has 0 radical (unpaired) electrons. The van der Waals surface area contributed by atoms with E-state index in [1.807, 2.05) is 6.92 Å². The van der Waals surface area contributed by atoms with Crippen molar-refractivity contribution in [2.24, 2.45) is 5.92 Å². The third kappa shape index (κ3) is 4.52. The Labute approximate surface area is 98.9 Å². The zero-order valence-electron chi connectivity index (χ0n) is 10.6. The molecule has 1 aliphatic carbocycles. The lowest BCUT2D eigenvalue weighted by atomic mass is 10.0. The van der Waals surface area contributed by atoms with Gasteiger partial charge in [-0.1, -0.05) is 26.2 Å². The molecule has 1 amide bonds. The van der Waals surface area contributed by atoms with Crippen LogP contribution in [0.15, 0.2) is 0 Å². The maximum absolute atomic E-state index is 11.7. The summed E-state index contributed by atoms with van der Waals surface area (Å²) in [6, 6.07) is 0. The smallest absolute Gasteiger partial charge is 0.225 e. The fourth-order valence-corrected chi connectivity index (χ4v) is 2.26. The van der Waals surface area contributed by atoms with Gasteiger partial charge in [-0.25, -0.2) is 0 Å². The van der Waals surface area contributed by atoms with Gasteiger partial charge in [0.05, 0.1) is 18.6 Å². The van der Waals surface area contributed by atoms with E-state index in [2.05, 4.69) is 12.2 Å². The third-order valence-electron chi connectivity index (χ3n) is 3.19. The van der Waals surface area contributed by atoms with Crippen LogP contribution in [0.2, 0.25) is 0 Å². The van der Waals surface area contributed by atoms with Gasteiger partial charge in [0.2, 0.25) is 5.91 Å². The summed E-state index contributed by atoms with van der Waals surface area (Å²) in [5.41, 5.74) is 0. The Balaban J connectivity index is 2.28. The third-order valence-corrected chi connectivity index (χ3v) is 3.19. The number of carbonyl (C=O) groups excluding carboxylic acids is 1. The molecule has 1 saturated carbocycles. The molecule has 1 atom stereocenters. The molecule has 3 nitrogen and oxygen atoms in total. The van der Waals surface area contributed by atoms with E-state index in [1.54, 1.807) is 0 Å². The van der Waals surface area contributed by atoms with Crippen molar-refractivity contribution in [1.82, 2.24) is 5.32 Å². The number of carbonyl (C=O) groups is 1. The first-order valence-electron chi connectivity index (χ1n) is 6.67. The molecule has 1 unspecified atom stereocenters. The first kappa shape index (κ1) is 13.5. The standard InChI is InChI=1S/C13H25NO2/c1-3-7-11(13(15)14-4-2)10-16-12-8-5-6-9-12/h11-12H,3-10H2,1-2H3,(H,14,15). The number of ether oxygens (including phenoxy) is 1. The van der Waals surface area contributed by atoms with Crippen molar-refractivity contribution in [3.05, 3.63) is 0 Å². The van der Waals surface area contributed by atoms with E-state index in [0.29, 0.717) is 19.3 Å². The fourth-order valence-electron chi connectivity index (χ4n) is 2.26. The van der Waals surface area contributed by atoms with Crippen LogP contribution < -0.4 is 5.32 Å². The molecule has 0 saturated heterocycles. The molecule has 0 aromatic carbocycles. The zero-order valence-corrected chi connectivity index (χ0v) is 10.6. The molecule has 0 heterocycles. The van der Waals surface area contributed by atoms with Crippen molar-refractivity contribution < 1.29 is 9.53 Å². The van der Waals surface area contributed by atoms with E-state index >= 15 is 0 Å². The Kier molecular flexibility index (Phi) is 6.46. The van der Waals surface area contributed by atoms with E-state index in [9.17, 15) is 4.79 Å². The van der Waals surface area contributed by atoms with Crippen LogP contribution in [0, 0.1) is 5.92 Å². The van der Waals surface area contributed by atoms with E-state index < -0.39 is 0 Å². The van der Waals surface area contributed by atoms with Crippen LogP contribution in [-0.2, 0) is 9.53 Å². The van der Waals surface area contributed by atoms with Gasteiger partial charge >= 0.3 is 0 Å². The minimum atomic E-state index is 0.0468. The van der Waals surface area contributed by atoms with Crippen LogP contribution in [0.1, 0.15) is 52.4 Å². The topological polar surface area (TPSA) is 38.3 Å². The Morgan fingerprint density at radius 3 is 2.62 bits per heavy atom. The second-order valence-corrected chi connectivity index (χ2v) is 4.62. The molecular weight excluding hydrogens is 202 g/mol. The van der Waals surface area contributed by atoms with E-state index in [0.717, 1.165) is 12.8 Å². The molecule has 1 N–H and O–H groups in total. The predicted octanol–water partition coefficient (Wildman–Crippen LogP) is 2.50. The highest BCUT2D eigenvalue weighted by Gasteiger charge is 2.21. The summed E-state index contributed by atoms with van der Waals surface area (Å²) in [7, 11) is 0. The van der Waals surface area contributed by atoms with Crippen LogP contribution >= 0.6 is 0 Å². The summed E-state index contributed by atoms with van der Waals surface area (Å²) in [5.74, 6) is 0.202. The van der Waals surface area contributed by atoms with Crippen molar-refractivity contribution in [2.75, 3.05) is 13.2 Å². The largest absolute Gasteiger partial charge is 0.377 e. The van der Waals surface area contributed by atoms with Crippen molar-refractivity contribution >= 4 is 5.91 Å². The van der Waals surface area contributed by atoms with Crippen molar-refractivity contribution in [2.45, 2.75) is 58.5 Å². The Bertz CT molecular complexity index is 200. The average Bonchev–Trinajstić information content (AvgIpc) is 2.77. The van der Waals surface area contributed by atoms with Gasteiger partial charge in [0.15, 0.2) is 0 Å². The second-order valence-electron chi connectivity index (χ2n) is 4.62. The van der Waals surface area contributed by atoms with Gasteiger partial charge in [-0.2, -0.15) is 0 Å². The van der Waals surface area contributed by atoms with Crippen LogP contribution in [0.5, 0.6) is 0 Å². The van der Waals surface area contributed by atoms with Crippen LogP contribution in [-0.4, -0.2) is 25.2 Å². The quantitative estimate of drug-likeness (QED) is 0.725. The summed E-state index contributed by atoms with van der Waals surface area (Å²) in [6.07, 6.45) is 7.29. The van der Waals surface area contributed by atoms with Gasteiger partial charge in [-0.3, -0.25) is 4.79 Å². The Hall–Kier alpha value is -0.570. The molecule has 0 aromatic heterocycles. The van der Waals surface area contributed by atoms with Crippen LogP contribution in [0.25, 0.3) is 0 Å². The van der Waals surface area contributed by atoms with Crippen molar-refractivity contribution in [1.29, 1.82) is 0 Å². The molecule has 0 bridgehead atoms.